The summed E-state index contributed by atoms with van der Waals surface area (Å²) in [5.41, 5.74) is 1.84. The topological polar surface area (TPSA) is 69.3 Å². The number of fused-ring (bicyclic) bond motifs is 1. The van der Waals surface area contributed by atoms with Gasteiger partial charge in [0, 0.05) is 38.5 Å². The molecule has 1 aromatic heterocycles. The summed E-state index contributed by atoms with van der Waals surface area (Å²) in [5, 5.41) is 0. The fourth-order valence-electron chi connectivity index (χ4n) is 5.92. The zero-order valence-corrected chi connectivity index (χ0v) is 18.2. The zero-order chi connectivity index (χ0) is 20.5. The average molecular weight is 413 g/mol. The van der Waals surface area contributed by atoms with Crippen molar-refractivity contribution in [3.63, 3.8) is 0 Å². The Morgan fingerprint density at radius 1 is 0.967 bits per heavy atom. The first-order chi connectivity index (χ1) is 14.7. The van der Waals surface area contributed by atoms with E-state index in [0.717, 1.165) is 87.7 Å². The van der Waals surface area contributed by atoms with Crippen molar-refractivity contribution in [2.24, 2.45) is 11.8 Å². The van der Waals surface area contributed by atoms with Crippen LogP contribution in [0.1, 0.15) is 93.8 Å². The average Bonchev–Trinajstić information content (AvgIpc) is 2.73. The van der Waals surface area contributed by atoms with Gasteiger partial charge in [-0.15, -0.1) is 0 Å². The Morgan fingerprint density at radius 2 is 1.77 bits per heavy atom. The van der Waals surface area contributed by atoms with E-state index in [2.05, 4.69) is 9.88 Å². The number of nitrogens with zero attached hydrogens (tertiary/aromatic N) is 3. The molecule has 0 spiro atoms. The largest absolute Gasteiger partial charge is 0.332 e. The Bertz CT molecular complexity index is 825. The summed E-state index contributed by atoms with van der Waals surface area (Å²) < 4.78 is 0. The molecular weight excluding hydrogens is 376 g/mol. The Kier molecular flexibility index (Phi) is 5.94. The van der Waals surface area contributed by atoms with E-state index in [1.165, 1.54) is 38.5 Å². The number of carbonyl (C=O) groups excluding carboxylic acids is 1. The van der Waals surface area contributed by atoms with Crippen LogP contribution in [0.15, 0.2) is 4.79 Å². The van der Waals surface area contributed by atoms with Crippen LogP contribution in [0.4, 0.5) is 0 Å². The van der Waals surface area contributed by atoms with Crippen molar-refractivity contribution in [2.75, 3.05) is 19.6 Å². The van der Waals surface area contributed by atoms with Crippen molar-refractivity contribution in [1.29, 1.82) is 0 Å². The highest BCUT2D eigenvalue weighted by molar-refractivity contribution is 5.80. The lowest BCUT2D eigenvalue weighted by molar-refractivity contribution is -0.142. The molecule has 0 unspecified atom stereocenters. The third kappa shape index (κ3) is 4.08. The third-order valence-corrected chi connectivity index (χ3v) is 7.96. The van der Waals surface area contributed by atoms with E-state index < -0.39 is 0 Å². The lowest BCUT2D eigenvalue weighted by Gasteiger charge is -2.39. The number of likely N-dealkylation sites (tertiary alicyclic amines) is 1. The summed E-state index contributed by atoms with van der Waals surface area (Å²) in [4.78, 5) is 38.5. The number of nitrogens with one attached hydrogen (secondary N) is 1. The molecule has 6 nitrogen and oxygen atoms in total. The van der Waals surface area contributed by atoms with Gasteiger partial charge < -0.3 is 9.88 Å². The van der Waals surface area contributed by atoms with Crippen LogP contribution in [-0.2, 0) is 17.8 Å². The third-order valence-electron chi connectivity index (χ3n) is 7.96. The van der Waals surface area contributed by atoms with E-state index in [0.29, 0.717) is 0 Å². The molecule has 3 fully saturated rings. The van der Waals surface area contributed by atoms with Gasteiger partial charge in [-0.3, -0.25) is 14.5 Å². The molecule has 3 heterocycles. The molecule has 2 aliphatic heterocycles. The molecule has 1 atom stereocenters. The Hall–Kier alpha value is -1.69. The molecule has 0 aromatic carbocycles. The number of rotatable bonds is 4. The fourth-order valence-corrected chi connectivity index (χ4v) is 5.92. The molecule has 1 aromatic rings. The van der Waals surface area contributed by atoms with Crippen LogP contribution in [0.2, 0.25) is 0 Å². The van der Waals surface area contributed by atoms with Crippen molar-refractivity contribution in [2.45, 2.75) is 89.6 Å². The second-order valence-electron chi connectivity index (χ2n) is 10.0. The highest BCUT2D eigenvalue weighted by atomic mass is 16.2. The minimum Gasteiger partial charge on any atom is -0.332 e. The Morgan fingerprint density at radius 3 is 2.53 bits per heavy atom. The zero-order valence-electron chi connectivity index (χ0n) is 18.2. The Labute approximate surface area is 179 Å². The molecule has 30 heavy (non-hydrogen) atoms. The molecule has 1 saturated heterocycles. The van der Waals surface area contributed by atoms with Crippen LogP contribution in [0, 0.1) is 11.8 Å². The Balaban J connectivity index is 1.32. The number of H-pyrrole nitrogens is 1. The van der Waals surface area contributed by atoms with E-state index >= 15 is 0 Å². The monoisotopic (exact) mass is 412 g/mol. The van der Waals surface area contributed by atoms with Crippen LogP contribution in [0.5, 0.6) is 0 Å². The van der Waals surface area contributed by atoms with E-state index in [9.17, 15) is 9.59 Å². The quantitative estimate of drug-likeness (QED) is 0.821. The van der Waals surface area contributed by atoms with Crippen molar-refractivity contribution < 1.29 is 4.79 Å². The van der Waals surface area contributed by atoms with Gasteiger partial charge in [-0.05, 0) is 50.9 Å². The van der Waals surface area contributed by atoms with Crippen LogP contribution < -0.4 is 5.56 Å². The standard InChI is InChI=1S/C24H36N4O2/c29-23-19-16-27(15-17-7-2-1-3-8-17)14-12-20(19)25-22(26-23)21-11-4-5-13-28(21)24(30)18-9-6-10-18/h17-18,21H,1-16H2,(H,25,26,29)/t21-/m0/s1. The SMILES string of the molecule is O=C(C1CCC1)N1CCCC[C@H]1c1nc2c(c(=O)[nH]1)CN(CC1CCCCC1)CC2. The lowest BCUT2D eigenvalue weighted by Crippen LogP contribution is -2.45. The predicted octanol–water partition coefficient (Wildman–Crippen LogP) is 3.56. The van der Waals surface area contributed by atoms with Crippen LogP contribution in [0.3, 0.4) is 0 Å². The number of hydrogen-bond acceptors (Lipinski definition) is 4. The van der Waals surface area contributed by atoms with Crippen LogP contribution in [0.25, 0.3) is 0 Å². The second-order valence-corrected chi connectivity index (χ2v) is 10.0. The maximum Gasteiger partial charge on any atom is 0.255 e. The molecular formula is C24H36N4O2. The van der Waals surface area contributed by atoms with Gasteiger partial charge in [-0.25, -0.2) is 4.98 Å². The minimum absolute atomic E-state index is 0.0185. The van der Waals surface area contributed by atoms with Gasteiger partial charge in [-0.1, -0.05) is 25.7 Å². The molecule has 164 valence electrons. The van der Waals surface area contributed by atoms with Gasteiger partial charge in [0.25, 0.3) is 5.56 Å². The van der Waals surface area contributed by atoms with Gasteiger partial charge in [0.05, 0.1) is 17.3 Å². The molecule has 0 radical (unpaired) electrons. The summed E-state index contributed by atoms with van der Waals surface area (Å²) in [6.07, 6.45) is 13.9. The summed E-state index contributed by atoms with van der Waals surface area (Å²) >= 11 is 0. The van der Waals surface area contributed by atoms with Gasteiger partial charge in [0.2, 0.25) is 5.91 Å². The van der Waals surface area contributed by atoms with Gasteiger partial charge >= 0.3 is 0 Å². The first-order valence-corrected chi connectivity index (χ1v) is 12.3. The van der Waals surface area contributed by atoms with E-state index in [1.54, 1.807) is 0 Å². The molecule has 2 aliphatic carbocycles. The summed E-state index contributed by atoms with van der Waals surface area (Å²) in [6, 6.07) is -0.0508. The maximum atomic E-state index is 13.0. The highest BCUT2D eigenvalue weighted by Crippen LogP contribution is 2.35. The minimum atomic E-state index is -0.0508. The number of carbonyl (C=O) groups is 1. The van der Waals surface area contributed by atoms with E-state index in [-0.39, 0.29) is 23.4 Å². The van der Waals surface area contributed by atoms with Gasteiger partial charge in [0.15, 0.2) is 0 Å². The number of aromatic nitrogens is 2. The first kappa shape index (κ1) is 20.2. The molecule has 1 N–H and O–H groups in total. The highest BCUT2D eigenvalue weighted by Gasteiger charge is 2.36. The van der Waals surface area contributed by atoms with Crippen LogP contribution in [-0.4, -0.2) is 45.3 Å². The van der Waals surface area contributed by atoms with Crippen LogP contribution >= 0.6 is 0 Å². The summed E-state index contributed by atoms with van der Waals surface area (Å²) in [7, 11) is 0. The van der Waals surface area contributed by atoms with Crippen molar-refractivity contribution in [1.82, 2.24) is 19.8 Å². The normalized spacial score (nSPS) is 26.3. The molecule has 4 aliphatic rings. The van der Waals surface area contributed by atoms with Crippen molar-refractivity contribution in [3.05, 3.63) is 27.4 Å². The lowest BCUT2D eigenvalue weighted by atomic mass is 9.83. The summed E-state index contributed by atoms with van der Waals surface area (Å²) in [5.74, 6) is 2.00. The van der Waals surface area contributed by atoms with Gasteiger partial charge in [-0.2, -0.15) is 0 Å². The number of hydrogen-bond donors (Lipinski definition) is 1. The fraction of sp³-hybridized carbons (Fsp3) is 0.792. The molecule has 1 amide bonds. The number of amides is 1. The van der Waals surface area contributed by atoms with E-state index in [4.69, 9.17) is 4.98 Å². The first-order valence-electron chi connectivity index (χ1n) is 12.3. The van der Waals surface area contributed by atoms with E-state index in [1.807, 2.05) is 4.90 Å². The number of aromatic amines is 1. The predicted molar refractivity (Wildman–Crippen MR) is 116 cm³/mol. The van der Waals surface area contributed by atoms with Crippen molar-refractivity contribution in [3.8, 4) is 0 Å². The maximum absolute atomic E-state index is 13.0. The smallest absolute Gasteiger partial charge is 0.255 e. The summed E-state index contributed by atoms with van der Waals surface area (Å²) in [6.45, 7) is 3.64. The molecule has 6 heteroatoms. The molecule has 0 bridgehead atoms. The number of piperidine rings is 1. The van der Waals surface area contributed by atoms with Crippen molar-refractivity contribution >= 4 is 5.91 Å². The molecule has 2 saturated carbocycles. The second kappa shape index (κ2) is 8.81. The molecule has 5 rings (SSSR count). The van der Waals surface area contributed by atoms with Gasteiger partial charge in [0.1, 0.15) is 5.82 Å².